The summed E-state index contributed by atoms with van der Waals surface area (Å²) in [6.07, 6.45) is 1.01. The minimum atomic E-state index is -0.111. The van der Waals surface area contributed by atoms with Crippen molar-refractivity contribution in [3.8, 4) is 0 Å². The standard InChI is InChI=1S/C20H21N3O2S/c1-4-17(24)23-20(26)21-15-7-5-14(6-8-15)11-18-22-16-10-12(2)9-13(3)19(16)25-18/h5-10H,4,11H2,1-3H3,(H2,21,23,24,26). The number of nitrogens with one attached hydrogen (secondary N) is 2. The van der Waals surface area contributed by atoms with Crippen LogP contribution in [-0.4, -0.2) is 16.0 Å². The lowest BCUT2D eigenvalue weighted by Gasteiger charge is -2.09. The molecule has 1 amide bonds. The van der Waals surface area contributed by atoms with Crippen LogP contribution < -0.4 is 10.6 Å². The van der Waals surface area contributed by atoms with E-state index in [0.29, 0.717) is 23.8 Å². The molecule has 0 atom stereocenters. The quantitative estimate of drug-likeness (QED) is 0.675. The molecule has 26 heavy (non-hydrogen) atoms. The van der Waals surface area contributed by atoms with Gasteiger partial charge in [-0.05, 0) is 61.0 Å². The molecule has 1 heterocycles. The van der Waals surface area contributed by atoms with Crippen molar-refractivity contribution in [3.63, 3.8) is 0 Å². The number of oxazole rings is 1. The molecule has 0 bridgehead atoms. The van der Waals surface area contributed by atoms with Gasteiger partial charge in [0.15, 0.2) is 16.6 Å². The number of carbonyl (C=O) groups excluding carboxylic acids is 1. The number of anilines is 1. The van der Waals surface area contributed by atoms with Crippen molar-refractivity contribution in [2.24, 2.45) is 0 Å². The van der Waals surface area contributed by atoms with Crippen LogP contribution in [0, 0.1) is 13.8 Å². The van der Waals surface area contributed by atoms with Gasteiger partial charge in [-0.25, -0.2) is 4.98 Å². The summed E-state index contributed by atoms with van der Waals surface area (Å²) in [7, 11) is 0. The minimum absolute atomic E-state index is 0.111. The maximum absolute atomic E-state index is 11.3. The fourth-order valence-electron chi connectivity index (χ4n) is 2.76. The smallest absolute Gasteiger partial charge is 0.225 e. The zero-order valence-electron chi connectivity index (χ0n) is 15.1. The Bertz CT molecular complexity index is 961. The summed E-state index contributed by atoms with van der Waals surface area (Å²) in [5.74, 6) is 0.584. The van der Waals surface area contributed by atoms with Crippen molar-refractivity contribution in [1.82, 2.24) is 10.3 Å². The van der Waals surface area contributed by atoms with E-state index in [4.69, 9.17) is 16.6 Å². The molecule has 3 rings (SSSR count). The summed E-state index contributed by atoms with van der Waals surface area (Å²) < 4.78 is 5.91. The van der Waals surface area contributed by atoms with Crippen LogP contribution >= 0.6 is 12.2 Å². The molecular formula is C20H21N3O2S. The average Bonchev–Trinajstić information content (AvgIpc) is 2.99. The number of carbonyl (C=O) groups is 1. The van der Waals surface area contributed by atoms with Gasteiger partial charge in [0, 0.05) is 18.5 Å². The molecule has 1 aromatic heterocycles. The molecule has 0 aliphatic heterocycles. The van der Waals surface area contributed by atoms with Crippen LogP contribution in [-0.2, 0) is 11.2 Å². The van der Waals surface area contributed by atoms with Gasteiger partial charge < -0.3 is 15.1 Å². The van der Waals surface area contributed by atoms with Crippen LogP contribution in [0.25, 0.3) is 11.1 Å². The summed E-state index contributed by atoms with van der Waals surface area (Å²) in [6, 6.07) is 11.9. The van der Waals surface area contributed by atoms with E-state index in [1.165, 1.54) is 5.56 Å². The Morgan fingerprint density at radius 1 is 1.19 bits per heavy atom. The van der Waals surface area contributed by atoms with E-state index in [0.717, 1.165) is 27.9 Å². The van der Waals surface area contributed by atoms with Crippen LogP contribution in [0.2, 0.25) is 0 Å². The average molecular weight is 367 g/mol. The van der Waals surface area contributed by atoms with E-state index in [2.05, 4.69) is 28.6 Å². The Balaban J connectivity index is 1.68. The second-order valence-corrected chi connectivity index (χ2v) is 6.68. The molecule has 2 N–H and O–H groups in total. The molecule has 0 unspecified atom stereocenters. The summed E-state index contributed by atoms with van der Waals surface area (Å²) >= 11 is 5.11. The number of fused-ring (bicyclic) bond motifs is 1. The van der Waals surface area contributed by atoms with Crippen molar-refractivity contribution < 1.29 is 9.21 Å². The summed E-state index contributed by atoms with van der Waals surface area (Å²) in [6.45, 7) is 5.87. The molecule has 3 aromatic rings. The van der Waals surface area contributed by atoms with Crippen molar-refractivity contribution in [2.75, 3.05) is 5.32 Å². The van der Waals surface area contributed by atoms with E-state index >= 15 is 0 Å². The molecule has 2 aromatic carbocycles. The highest BCUT2D eigenvalue weighted by atomic mass is 32.1. The second kappa shape index (κ2) is 7.66. The van der Waals surface area contributed by atoms with Gasteiger partial charge in [0.05, 0.1) is 0 Å². The Morgan fingerprint density at radius 2 is 1.92 bits per heavy atom. The van der Waals surface area contributed by atoms with Gasteiger partial charge in [0.1, 0.15) is 5.52 Å². The molecule has 0 fully saturated rings. The first kappa shape index (κ1) is 18.1. The van der Waals surface area contributed by atoms with Crippen molar-refractivity contribution in [1.29, 1.82) is 0 Å². The second-order valence-electron chi connectivity index (χ2n) is 6.27. The minimum Gasteiger partial charge on any atom is -0.440 e. The zero-order valence-corrected chi connectivity index (χ0v) is 15.9. The van der Waals surface area contributed by atoms with Crippen LogP contribution in [0.3, 0.4) is 0 Å². The monoisotopic (exact) mass is 367 g/mol. The molecule has 0 aliphatic rings. The van der Waals surface area contributed by atoms with Crippen LogP contribution in [0.4, 0.5) is 5.69 Å². The number of hydrogen-bond acceptors (Lipinski definition) is 4. The van der Waals surface area contributed by atoms with E-state index in [1.54, 1.807) is 6.92 Å². The molecule has 0 aliphatic carbocycles. The SMILES string of the molecule is CCC(=O)NC(=S)Nc1ccc(Cc2nc3cc(C)cc(C)c3o2)cc1. The lowest BCUT2D eigenvalue weighted by Crippen LogP contribution is -2.33. The Hall–Kier alpha value is -2.73. The third kappa shape index (κ3) is 4.26. The van der Waals surface area contributed by atoms with Crippen molar-refractivity contribution in [2.45, 2.75) is 33.6 Å². The van der Waals surface area contributed by atoms with Gasteiger partial charge in [-0.1, -0.05) is 25.1 Å². The molecule has 5 nitrogen and oxygen atoms in total. The van der Waals surface area contributed by atoms with E-state index < -0.39 is 0 Å². The molecule has 0 saturated heterocycles. The lowest BCUT2D eigenvalue weighted by molar-refractivity contribution is -0.119. The number of aromatic nitrogens is 1. The predicted molar refractivity (Wildman–Crippen MR) is 107 cm³/mol. The topological polar surface area (TPSA) is 67.2 Å². The van der Waals surface area contributed by atoms with Gasteiger partial charge >= 0.3 is 0 Å². The number of amides is 1. The van der Waals surface area contributed by atoms with Gasteiger partial charge in [0.25, 0.3) is 0 Å². The fourth-order valence-corrected chi connectivity index (χ4v) is 2.99. The Morgan fingerprint density at radius 3 is 2.62 bits per heavy atom. The van der Waals surface area contributed by atoms with Crippen molar-refractivity contribution >= 4 is 40.0 Å². The highest BCUT2D eigenvalue weighted by Gasteiger charge is 2.10. The van der Waals surface area contributed by atoms with Gasteiger partial charge in [-0.2, -0.15) is 0 Å². The van der Waals surface area contributed by atoms with Crippen LogP contribution in [0.5, 0.6) is 0 Å². The molecular weight excluding hydrogens is 346 g/mol. The number of benzene rings is 2. The van der Waals surface area contributed by atoms with E-state index in [1.807, 2.05) is 37.3 Å². The van der Waals surface area contributed by atoms with Crippen molar-refractivity contribution in [3.05, 3.63) is 59.0 Å². The summed E-state index contributed by atoms with van der Waals surface area (Å²) in [5, 5.41) is 5.91. The number of nitrogens with zero attached hydrogens (tertiary/aromatic N) is 1. The number of aryl methyl sites for hydroxylation is 2. The highest BCUT2D eigenvalue weighted by molar-refractivity contribution is 7.80. The maximum Gasteiger partial charge on any atom is 0.225 e. The Labute approximate surface area is 157 Å². The van der Waals surface area contributed by atoms with Gasteiger partial charge in [0.2, 0.25) is 5.91 Å². The largest absolute Gasteiger partial charge is 0.440 e. The summed E-state index contributed by atoms with van der Waals surface area (Å²) in [5.41, 5.74) is 5.92. The molecule has 6 heteroatoms. The van der Waals surface area contributed by atoms with Gasteiger partial charge in [-0.3, -0.25) is 4.79 Å². The highest BCUT2D eigenvalue weighted by Crippen LogP contribution is 2.23. The molecule has 0 spiro atoms. The number of thiocarbonyl (C=S) groups is 1. The molecule has 0 radical (unpaired) electrons. The molecule has 134 valence electrons. The normalized spacial score (nSPS) is 10.7. The lowest BCUT2D eigenvalue weighted by atomic mass is 10.1. The zero-order chi connectivity index (χ0) is 18.7. The maximum atomic E-state index is 11.3. The number of rotatable bonds is 4. The first-order valence-electron chi connectivity index (χ1n) is 8.51. The Kier molecular flexibility index (Phi) is 5.32. The van der Waals surface area contributed by atoms with Gasteiger partial charge in [-0.15, -0.1) is 0 Å². The number of hydrogen-bond donors (Lipinski definition) is 2. The first-order valence-corrected chi connectivity index (χ1v) is 8.92. The van der Waals surface area contributed by atoms with Crippen LogP contribution in [0.1, 0.15) is 35.9 Å². The van der Waals surface area contributed by atoms with E-state index in [-0.39, 0.29) is 5.91 Å². The first-order chi connectivity index (χ1) is 12.4. The predicted octanol–water partition coefficient (Wildman–Crippen LogP) is 4.26. The third-order valence-corrected chi connectivity index (χ3v) is 4.21. The fraction of sp³-hybridized carbons (Fsp3) is 0.250. The summed E-state index contributed by atoms with van der Waals surface area (Å²) in [4.78, 5) is 15.9. The van der Waals surface area contributed by atoms with E-state index in [9.17, 15) is 4.79 Å². The third-order valence-electron chi connectivity index (χ3n) is 4.01. The van der Waals surface area contributed by atoms with Crippen LogP contribution in [0.15, 0.2) is 40.8 Å². The molecule has 0 saturated carbocycles.